The fourth-order valence-corrected chi connectivity index (χ4v) is 3.92. The summed E-state index contributed by atoms with van der Waals surface area (Å²) in [6.07, 6.45) is 1.63. The number of hydrogen-bond acceptors (Lipinski definition) is 10. The van der Waals surface area contributed by atoms with Crippen molar-refractivity contribution >= 4 is 28.6 Å². The van der Waals surface area contributed by atoms with Crippen LogP contribution in [-0.2, 0) is 0 Å². The summed E-state index contributed by atoms with van der Waals surface area (Å²) in [5, 5.41) is 9.52. The van der Waals surface area contributed by atoms with Crippen molar-refractivity contribution in [1.29, 1.82) is 0 Å². The van der Waals surface area contributed by atoms with Crippen LogP contribution in [0.3, 0.4) is 0 Å². The zero-order chi connectivity index (χ0) is 22.9. The number of rotatable bonds is 5. The highest BCUT2D eigenvalue weighted by Crippen LogP contribution is 2.29. The molecule has 170 valence electrons. The number of aromatic hydroxyl groups is 1. The lowest BCUT2D eigenvalue weighted by Gasteiger charge is -2.36. The predicted molar refractivity (Wildman–Crippen MR) is 125 cm³/mol. The Kier molecular flexibility index (Phi) is 5.21. The van der Waals surface area contributed by atoms with Crippen LogP contribution in [0, 0.1) is 0 Å². The van der Waals surface area contributed by atoms with Gasteiger partial charge in [-0.25, -0.2) is 4.98 Å². The van der Waals surface area contributed by atoms with Gasteiger partial charge in [0.15, 0.2) is 17.0 Å². The summed E-state index contributed by atoms with van der Waals surface area (Å²) in [4.78, 5) is 22.4. The quantitative estimate of drug-likeness (QED) is 0.467. The van der Waals surface area contributed by atoms with Crippen LogP contribution in [0.25, 0.3) is 16.9 Å². The van der Waals surface area contributed by atoms with Crippen molar-refractivity contribution in [2.45, 2.75) is 0 Å². The van der Waals surface area contributed by atoms with Crippen molar-refractivity contribution in [2.75, 3.05) is 55.9 Å². The highest BCUT2D eigenvalue weighted by atomic mass is 16.5. The van der Waals surface area contributed by atoms with E-state index in [9.17, 15) is 5.11 Å². The molecule has 1 aromatic carbocycles. The molecule has 1 aliphatic heterocycles. The van der Waals surface area contributed by atoms with Gasteiger partial charge in [-0.05, 0) is 30.3 Å². The molecule has 0 unspecified atom stereocenters. The topological polar surface area (TPSA) is 128 Å². The largest absolute Gasteiger partial charge is 0.508 e. The third-order valence-corrected chi connectivity index (χ3v) is 5.67. The lowest BCUT2D eigenvalue weighted by molar-refractivity contribution is 0.363. The second-order valence-corrected chi connectivity index (χ2v) is 7.57. The minimum atomic E-state index is 0.259. The van der Waals surface area contributed by atoms with Gasteiger partial charge in [0.05, 0.1) is 14.2 Å². The Labute approximate surface area is 190 Å². The van der Waals surface area contributed by atoms with Crippen molar-refractivity contribution in [2.24, 2.45) is 0 Å². The fourth-order valence-electron chi connectivity index (χ4n) is 3.92. The van der Waals surface area contributed by atoms with Gasteiger partial charge in [-0.1, -0.05) is 0 Å². The van der Waals surface area contributed by atoms with Crippen LogP contribution < -0.4 is 25.0 Å². The molecule has 3 aromatic heterocycles. The van der Waals surface area contributed by atoms with E-state index in [1.54, 1.807) is 43.3 Å². The molecule has 1 fully saturated rings. The first-order chi connectivity index (χ1) is 16.1. The minimum Gasteiger partial charge on any atom is -0.508 e. The lowest BCUT2D eigenvalue weighted by Crippen LogP contribution is -2.47. The van der Waals surface area contributed by atoms with E-state index in [2.05, 4.69) is 24.8 Å². The Bertz CT molecular complexity index is 1280. The number of nitrogen functional groups attached to an aromatic ring is 1. The summed E-state index contributed by atoms with van der Waals surface area (Å²) < 4.78 is 12.4. The molecule has 0 amide bonds. The highest BCUT2D eigenvalue weighted by molar-refractivity contribution is 5.84. The van der Waals surface area contributed by atoms with Crippen molar-refractivity contribution in [3.8, 4) is 23.2 Å². The second-order valence-electron chi connectivity index (χ2n) is 7.57. The molecule has 0 aliphatic carbocycles. The van der Waals surface area contributed by atoms with Crippen molar-refractivity contribution < 1.29 is 14.6 Å². The number of methoxy groups -OCH3 is 2. The average molecular weight is 448 g/mol. The van der Waals surface area contributed by atoms with E-state index in [1.807, 2.05) is 18.2 Å². The Hall–Kier alpha value is -4.28. The molecule has 0 atom stereocenters. The Morgan fingerprint density at radius 1 is 0.879 bits per heavy atom. The SMILES string of the molecule is COc1ccc(-n2cnc3c(N)nc(N4CCN(c5ccc(O)cc5)CC4)nc32)c(OC)n1. The molecule has 11 nitrogen and oxygen atoms in total. The molecule has 0 saturated carbocycles. The Morgan fingerprint density at radius 3 is 2.30 bits per heavy atom. The molecular formula is C22H24N8O3. The minimum absolute atomic E-state index is 0.259. The number of anilines is 3. The van der Waals surface area contributed by atoms with Crippen molar-refractivity contribution in [3.05, 3.63) is 42.7 Å². The first-order valence-corrected chi connectivity index (χ1v) is 10.5. The van der Waals surface area contributed by atoms with Crippen molar-refractivity contribution in [1.82, 2.24) is 24.5 Å². The number of phenols is 1. The third kappa shape index (κ3) is 3.77. The van der Waals surface area contributed by atoms with Gasteiger partial charge >= 0.3 is 0 Å². The molecule has 0 bridgehead atoms. The number of hydrogen-bond donors (Lipinski definition) is 2. The number of pyridine rings is 1. The number of nitrogens with two attached hydrogens (primary N) is 1. The number of phenolic OH excluding ortho intramolecular Hbond substituents is 1. The van der Waals surface area contributed by atoms with Crippen LogP contribution in [0.4, 0.5) is 17.5 Å². The maximum atomic E-state index is 9.52. The second kappa shape index (κ2) is 8.34. The number of ether oxygens (including phenoxy) is 2. The zero-order valence-electron chi connectivity index (χ0n) is 18.3. The van der Waals surface area contributed by atoms with Crippen LogP contribution in [-0.4, -0.2) is 70.0 Å². The van der Waals surface area contributed by atoms with Crippen LogP contribution in [0.1, 0.15) is 0 Å². The molecule has 4 aromatic rings. The van der Waals surface area contributed by atoms with E-state index < -0.39 is 0 Å². The van der Waals surface area contributed by atoms with Crippen LogP contribution in [0.15, 0.2) is 42.7 Å². The normalized spacial score (nSPS) is 14.0. The predicted octanol–water partition coefficient (Wildman–Crippen LogP) is 1.84. The molecule has 4 heterocycles. The number of piperazine rings is 1. The molecule has 11 heteroatoms. The summed E-state index contributed by atoms with van der Waals surface area (Å²) in [6.45, 7) is 3.05. The number of nitrogens with zero attached hydrogens (tertiary/aromatic N) is 7. The summed E-state index contributed by atoms with van der Waals surface area (Å²) in [6, 6.07) is 10.8. The molecule has 1 saturated heterocycles. The van der Waals surface area contributed by atoms with Crippen molar-refractivity contribution in [3.63, 3.8) is 0 Å². The van der Waals surface area contributed by atoms with E-state index in [0.29, 0.717) is 40.4 Å². The van der Waals surface area contributed by atoms with Gasteiger partial charge in [-0.2, -0.15) is 15.0 Å². The highest BCUT2D eigenvalue weighted by Gasteiger charge is 2.22. The van der Waals surface area contributed by atoms with Crippen LogP contribution >= 0.6 is 0 Å². The Morgan fingerprint density at radius 2 is 1.61 bits per heavy atom. The van der Waals surface area contributed by atoms with Gasteiger partial charge in [-0.3, -0.25) is 4.57 Å². The van der Waals surface area contributed by atoms with Gasteiger partial charge in [0, 0.05) is 37.9 Å². The molecule has 0 spiro atoms. The number of imidazole rings is 1. The van der Waals surface area contributed by atoms with E-state index in [4.69, 9.17) is 20.2 Å². The van der Waals surface area contributed by atoms with Gasteiger partial charge in [0.25, 0.3) is 0 Å². The van der Waals surface area contributed by atoms with E-state index in [-0.39, 0.29) is 5.75 Å². The molecule has 0 radical (unpaired) electrons. The average Bonchev–Trinajstić information content (AvgIpc) is 3.28. The third-order valence-electron chi connectivity index (χ3n) is 5.67. The van der Waals surface area contributed by atoms with Gasteiger partial charge in [0.2, 0.25) is 17.7 Å². The van der Waals surface area contributed by atoms with Gasteiger partial charge in [-0.15, -0.1) is 0 Å². The van der Waals surface area contributed by atoms with Gasteiger partial charge < -0.3 is 30.1 Å². The first-order valence-electron chi connectivity index (χ1n) is 10.5. The molecule has 1 aliphatic rings. The standard InChI is InChI=1S/C22H24N8O3/c1-32-17-8-7-16(21(25-17)33-2)30-13-24-18-19(23)26-22(27-20(18)30)29-11-9-28(10-12-29)14-3-5-15(31)6-4-14/h3-8,13,31H,9-12H2,1-2H3,(H2,23,26,27). The first kappa shape index (κ1) is 20.6. The number of aromatic nitrogens is 5. The number of fused-ring (bicyclic) bond motifs is 1. The summed E-state index contributed by atoms with van der Waals surface area (Å²) in [7, 11) is 3.10. The summed E-state index contributed by atoms with van der Waals surface area (Å²) in [5.74, 6) is 1.95. The van der Waals surface area contributed by atoms with Crippen LogP contribution in [0.5, 0.6) is 17.5 Å². The molecule has 33 heavy (non-hydrogen) atoms. The zero-order valence-corrected chi connectivity index (χ0v) is 18.3. The maximum absolute atomic E-state index is 9.52. The van der Waals surface area contributed by atoms with E-state index in [0.717, 1.165) is 31.9 Å². The molecule has 3 N–H and O–H groups in total. The van der Waals surface area contributed by atoms with Gasteiger partial charge in [0.1, 0.15) is 17.8 Å². The smallest absolute Gasteiger partial charge is 0.241 e. The lowest BCUT2D eigenvalue weighted by atomic mass is 10.2. The summed E-state index contributed by atoms with van der Waals surface area (Å²) in [5.41, 5.74) is 9.07. The monoisotopic (exact) mass is 448 g/mol. The fraction of sp³-hybridized carbons (Fsp3) is 0.273. The van der Waals surface area contributed by atoms with E-state index in [1.165, 1.54) is 0 Å². The maximum Gasteiger partial charge on any atom is 0.241 e. The molecular weight excluding hydrogens is 424 g/mol. The summed E-state index contributed by atoms with van der Waals surface area (Å²) >= 11 is 0. The van der Waals surface area contributed by atoms with Crippen LogP contribution in [0.2, 0.25) is 0 Å². The molecule has 5 rings (SSSR count). The number of benzene rings is 1. The Balaban J connectivity index is 1.45. The van der Waals surface area contributed by atoms with E-state index >= 15 is 0 Å².